The van der Waals surface area contributed by atoms with Crippen LogP contribution in [-0.4, -0.2) is 20.5 Å². The van der Waals surface area contributed by atoms with Gasteiger partial charge in [-0.15, -0.1) is 11.3 Å². The van der Waals surface area contributed by atoms with Gasteiger partial charge in [0.05, 0.1) is 15.9 Å². The van der Waals surface area contributed by atoms with Crippen molar-refractivity contribution in [3.63, 3.8) is 0 Å². The Morgan fingerprint density at radius 1 is 1.18 bits per heavy atom. The molecule has 3 heterocycles. The van der Waals surface area contributed by atoms with E-state index in [1.165, 1.54) is 29.7 Å². The second-order valence-corrected chi connectivity index (χ2v) is 6.74. The Morgan fingerprint density at radius 2 is 2.00 bits per heavy atom. The van der Waals surface area contributed by atoms with Crippen molar-refractivity contribution in [3.8, 4) is 10.8 Å². The second kappa shape index (κ2) is 7.12. The number of hydrogen-bond acceptors (Lipinski definition) is 6. The molecule has 0 aliphatic heterocycles. The molecule has 0 N–H and O–H groups in total. The summed E-state index contributed by atoms with van der Waals surface area (Å²) in [6.45, 7) is -0.827. The van der Waals surface area contributed by atoms with E-state index in [4.69, 9.17) is 9.15 Å². The summed E-state index contributed by atoms with van der Waals surface area (Å²) in [5, 5.41) is 1.87. The van der Waals surface area contributed by atoms with Crippen molar-refractivity contribution in [2.75, 3.05) is 0 Å². The first kappa shape index (κ1) is 18.2. The molecule has 4 rings (SSSR count). The first-order valence-electron chi connectivity index (χ1n) is 8.08. The number of para-hydroxylation sites is 2. The zero-order valence-electron chi connectivity index (χ0n) is 14.1. The molecule has 0 saturated carbocycles. The molecule has 6 nitrogen and oxygen atoms in total. The Hall–Kier alpha value is -3.14. The number of nitrogens with zero attached hydrogens (tertiary/aromatic N) is 3. The number of oxazole rings is 1. The topological polar surface area (TPSA) is 70.2 Å². The van der Waals surface area contributed by atoms with Gasteiger partial charge in [-0.2, -0.15) is 13.2 Å². The number of carbonyl (C=O) groups excluding carboxylic acids is 1. The van der Waals surface area contributed by atoms with Crippen molar-refractivity contribution < 1.29 is 27.1 Å². The normalized spacial score (nSPS) is 11.8. The van der Waals surface area contributed by atoms with Gasteiger partial charge in [0, 0.05) is 0 Å². The molecule has 0 amide bonds. The van der Waals surface area contributed by atoms with Gasteiger partial charge in [0.25, 0.3) is 0 Å². The van der Waals surface area contributed by atoms with E-state index in [1.807, 2.05) is 17.5 Å². The van der Waals surface area contributed by atoms with Crippen LogP contribution in [0, 0.1) is 0 Å². The Bertz CT molecular complexity index is 1120. The number of halogens is 3. The van der Waals surface area contributed by atoms with Gasteiger partial charge >= 0.3 is 12.1 Å². The first-order valence-corrected chi connectivity index (χ1v) is 8.96. The third-order valence-electron chi connectivity index (χ3n) is 3.86. The predicted octanol–water partition coefficient (Wildman–Crippen LogP) is 4.52. The fourth-order valence-corrected chi connectivity index (χ4v) is 3.32. The number of fused-ring (bicyclic) bond motifs is 1. The Morgan fingerprint density at radius 3 is 2.75 bits per heavy atom. The second-order valence-electron chi connectivity index (χ2n) is 5.79. The molecular weight excluding hydrogens is 395 g/mol. The molecule has 0 radical (unpaired) electrons. The van der Waals surface area contributed by atoms with Crippen molar-refractivity contribution in [1.29, 1.82) is 0 Å². The lowest BCUT2D eigenvalue weighted by Crippen LogP contribution is -2.20. The van der Waals surface area contributed by atoms with E-state index in [0.29, 0.717) is 11.6 Å². The van der Waals surface area contributed by atoms with Crippen LogP contribution in [-0.2, 0) is 28.9 Å². The van der Waals surface area contributed by atoms with Gasteiger partial charge in [0.15, 0.2) is 0 Å². The summed E-state index contributed by atoms with van der Waals surface area (Å²) < 4.78 is 51.0. The predicted molar refractivity (Wildman–Crippen MR) is 94.3 cm³/mol. The van der Waals surface area contributed by atoms with Gasteiger partial charge in [-0.1, -0.05) is 18.2 Å². The summed E-state index contributed by atoms with van der Waals surface area (Å²) in [7, 11) is 0. The van der Waals surface area contributed by atoms with Gasteiger partial charge < -0.3 is 13.7 Å². The van der Waals surface area contributed by atoms with E-state index < -0.39 is 24.5 Å². The van der Waals surface area contributed by atoms with Crippen LogP contribution in [0.25, 0.3) is 21.8 Å². The summed E-state index contributed by atoms with van der Waals surface area (Å²) in [6, 6.07) is 9.75. The number of thiophene rings is 1. The molecule has 10 heteroatoms. The third-order valence-corrected chi connectivity index (χ3v) is 4.72. The number of alkyl halides is 3. The summed E-state index contributed by atoms with van der Waals surface area (Å²) in [5.74, 6) is -1.59. The zero-order chi connectivity index (χ0) is 19.7. The number of imidazole rings is 1. The van der Waals surface area contributed by atoms with Crippen LogP contribution in [0.15, 0.2) is 52.5 Å². The van der Waals surface area contributed by atoms with Crippen molar-refractivity contribution in [2.24, 2.45) is 0 Å². The number of rotatable bonds is 5. The molecule has 1 aromatic carbocycles. The first-order chi connectivity index (χ1) is 13.4. The molecule has 28 heavy (non-hydrogen) atoms. The highest BCUT2D eigenvalue weighted by Crippen LogP contribution is 2.31. The molecular formula is C18H12F3N3O3S. The van der Waals surface area contributed by atoms with E-state index in [0.717, 1.165) is 9.44 Å². The van der Waals surface area contributed by atoms with Crippen LogP contribution in [0.1, 0.15) is 11.5 Å². The van der Waals surface area contributed by atoms with Crippen molar-refractivity contribution in [1.82, 2.24) is 14.5 Å². The Balaban J connectivity index is 1.48. The zero-order valence-corrected chi connectivity index (χ0v) is 15.0. The number of carbonyl (C=O) groups is 1. The molecule has 0 bridgehead atoms. The Labute approximate surface area is 160 Å². The highest BCUT2D eigenvalue weighted by Gasteiger charge is 2.38. The fourth-order valence-electron chi connectivity index (χ4n) is 2.67. The molecule has 0 saturated heterocycles. The van der Waals surface area contributed by atoms with E-state index in [9.17, 15) is 18.0 Å². The van der Waals surface area contributed by atoms with E-state index in [1.54, 1.807) is 12.1 Å². The SMILES string of the molecule is O=C(Cn1c(C(F)(F)F)nc2ccccc21)OCc1coc(-c2cccs2)n1. The lowest BCUT2D eigenvalue weighted by Gasteiger charge is -2.10. The smallest absolute Gasteiger partial charge is 0.449 e. The molecule has 0 atom stereocenters. The number of benzene rings is 1. The van der Waals surface area contributed by atoms with Crippen LogP contribution in [0.3, 0.4) is 0 Å². The van der Waals surface area contributed by atoms with Gasteiger partial charge in [-0.3, -0.25) is 4.79 Å². The van der Waals surface area contributed by atoms with E-state index in [2.05, 4.69) is 9.97 Å². The van der Waals surface area contributed by atoms with Crippen LogP contribution in [0.4, 0.5) is 13.2 Å². The summed E-state index contributed by atoms with van der Waals surface area (Å²) in [4.78, 5) is 20.8. The molecule has 4 aromatic rings. The van der Waals surface area contributed by atoms with Crippen LogP contribution in [0.5, 0.6) is 0 Å². The molecule has 0 aliphatic carbocycles. The minimum Gasteiger partial charge on any atom is -0.458 e. The minimum absolute atomic E-state index is 0.153. The van der Waals surface area contributed by atoms with Gasteiger partial charge in [0.1, 0.15) is 25.1 Å². The average Bonchev–Trinajstić information content (AvgIpc) is 3.39. The molecule has 0 unspecified atom stereocenters. The molecule has 144 valence electrons. The summed E-state index contributed by atoms with van der Waals surface area (Å²) in [6.07, 6.45) is -3.35. The van der Waals surface area contributed by atoms with Gasteiger partial charge in [-0.05, 0) is 23.6 Å². The monoisotopic (exact) mass is 407 g/mol. The van der Waals surface area contributed by atoms with E-state index in [-0.39, 0.29) is 17.6 Å². The summed E-state index contributed by atoms with van der Waals surface area (Å²) >= 11 is 1.44. The average molecular weight is 407 g/mol. The van der Waals surface area contributed by atoms with Crippen molar-refractivity contribution in [3.05, 3.63) is 59.6 Å². The molecule has 0 fully saturated rings. The maximum absolute atomic E-state index is 13.3. The summed E-state index contributed by atoms with van der Waals surface area (Å²) in [5.41, 5.74) is 0.719. The highest BCUT2D eigenvalue weighted by molar-refractivity contribution is 7.13. The van der Waals surface area contributed by atoms with Crippen LogP contribution < -0.4 is 0 Å². The maximum Gasteiger partial charge on any atom is 0.449 e. The number of aromatic nitrogens is 3. The largest absolute Gasteiger partial charge is 0.458 e. The Kier molecular flexibility index (Phi) is 4.63. The van der Waals surface area contributed by atoms with Crippen molar-refractivity contribution in [2.45, 2.75) is 19.3 Å². The molecule has 0 spiro atoms. The van der Waals surface area contributed by atoms with Gasteiger partial charge in [-0.25, -0.2) is 9.97 Å². The molecule has 0 aliphatic rings. The van der Waals surface area contributed by atoms with E-state index >= 15 is 0 Å². The van der Waals surface area contributed by atoms with Crippen LogP contribution >= 0.6 is 11.3 Å². The van der Waals surface area contributed by atoms with Crippen LogP contribution in [0.2, 0.25) is 0 Å². The lowest BCUT2D eigenvalue weighted by molar-refractivity contribution is -0.151. The lowest BCUT2D eigenvalue weighted by atomic mass is 10.3. The quantitative estimate of drug-likeness (QED) is 0.455. The number of hydrogen-bond donors (Lipinski definition) is 0. The van der Waals surface area contributed by atoms with Crippen molar-refractivity contribution >= 4 is 28.3 Å². The fraction of sp³-hybridized carbons (Fsp3) is 0.167. The van der Waals surface area contributed by atoms with Gasteiger partial charge in [0.2, 0.25) is 11.7 Å². The highest BCUT2D eigenvalue weighted by atomic mass is 32.1. The maximum atomic E-state index is 13.3. The third kappa shape index (κ3) is 3.63. The minimum atomic E-state index is -4.69. The standard InChI is InChI=1S/C18H12F3N3O3S/c19-18(20,21)17-23-12-4-1-2-5-13(12)24(17)8-15(25)26-9-11-10-27-16(22-11)14-6-3-7-28-14/h1-7,10H,8-9H2. The number of ether oxygens (including phenoxy) is 1. The molecule has 3 aromatic heterocycles. The number of esters is 1.